The highest BCUT2D eigenvalue weighted by Crippen LogP contribution is 2.25. The van der Waals surface area contributed by atoms with Crippen molar-refractivity contribution in [3.63, 3.8) is 0 Å². The molecule has 0 bridgehead atoms. The predicted octanol–water partition coefficient (Wildman–Crippen LogP) is 2.55. The number of carbonyl (C=O) groups is 2. The maximum Gasteiger partial charge on any atom is 0.340 e. The van der Waals surface area contributed by atoms with Crippen LogP contribution in [0.25, 0.3) is 0 Å². The monoisotopic (exact) mass is 356 g/mol. The van der Waals surface area contributed by atoms with Crippen LogP contribution in [0.1, 0.15) is 5.56 Å². The lowest BCUT2D eigenvalue weighted by Gasteiger charge is -2.29. The number of fused-ring (bicyclic) bond motifs is 1. The number of hydrogen-bond acceptors (Lipinski definition) is 3. The predicted molar refractivity (Wildman–Crippen MR) is 89.1 cm³/mol. The van der Waals surface area contributed by atoms with Gasteiger partial charge in [0.2, 0.25) is 0 Å². The molecule has 2 aromatic carbocycles. The van der Waals surface area contributed by atoms with Gasteiger partial charge in [-0.25, -0.2) is 13.6 Å². The number of hydrazine groups is 1. The Balaban J connectivity index is 1.55. The van der Waals surface area contributed by atoms with Gasteiger partial charge < -0.3 is 0 Å². The molecule has 2 aliphatic heterocycles. The lowest BCUT2D eigenvalue weighted by atomic mass is 10.2. The van der Waals surface area contributed by atoms with Gasteiger partial charge in [-0.1, -0.05) is 18.2 Å². The SMILES string of the molecule is O=C1C2NN(Cc3cccc(F)c3)C(=O)N2C=CN1c1cccc(F)c1. The summed E-state index contributed by atoms with van der Waals surface area (Å²) in [5, 5.41) is 1.25. The lowest BCUT2D eigenvalue weighted by Crippen LogP contribution is -2.51. The lowest BCUT2D eigenvalue weighted by molar-refractivity contribution is -0.122. The summed E-state index contributed by atoms with van der Waals surface area (Å²) >= 11 is 0. The Bertz CT molecular complexity index is 918. The minimum absolute atomic E-state index is 0.102. The third kappa shape index (κ3) is 2.80. The van der Waals surface area contributed by atoms with Crippen LogP contribution in [0.2, 0.25) is 0 Å². The van der Waals surface area contributed by atoms with Gasteiger partial charge in [0.15, 0.2) is 6.17 Å². The van der Waals surface area contributed by atoms with Crippen molar-refractivity contribution in [2.45, 2.75) is 12.7 Å². The van der Waals surface area contributed by atoms with Crippen LogP contribution in [-0.4, -0.2) is 28.0 Å². The van der Waals surface area contributed by atoms with E-state index in [1.54, 1.807) is 18.2 Å². The molecule has 6 nitrogen and oxygen atoms in total. The Kier molecular flexibility index (Phi) is 3.89. The van der Waals surface area contributed by atoms with Gasteiger partial charge in [0.05, 0.1) is 12.2 Å². The molecule has 4 rings (SSSR count). The fraction of sp³-hybridized carbons (Fsp3) is 0.111. The zero-order valence-electron chi connectivity index (χ0n) is 13.5. The van der Waals surface area contributed by atoms with E-state index in [2.05, 4.69) is 5.43 Å². The van der Waals surface area contributed by atoms with E-state index in [0.717, 1.165) is 0 Å². The standard InChI is InChI=1S/C18H14F2N4O2/c19-13-4-1-3-12(9-13)11-24-18(26)23-8-7-22(17(25)16(23)21-24)15-6-2-5-14(20)10-15/h1-10,16,21H,11H2. The average molecular weight is 356 g/mol. The Morgan fingerprint density at radius 2 is 1.69 bits per heavy atom. The van der Waals surface area contributed by atoms with Gasteiger partial charge in [-0.05, 0) is 35.9 Å². The number of rotatable bonds is 3. The van der Waals surface area contributed by atoms with E-state index in [4.69, 9.17) is 0 Å². The van der Waals surface area contributed by atoms with Crippen molar-refractivity contribution in [1.29, 1.82) is 0 Å². The van der Waals surface area contributed by atoms with E-state index in [1.807, 2.05) is 0 Å². The maximum absolute atomic E-state index is 13.4. The number of anilines is 1. The zero-order valence-corrected chi connectivity index (χ0v) is 13.5. The highest BCUT2D eigenvalue weighted by atomic mass is 19.1. The molecule has 132 valence electrons. The number of halogens is 2. The molecule has 26 heavy (non-hydrogen) atoms. The molecule has 3 amide bonds. The quantitative estimate of drug-likeness (QED) is 0.920. The van der Waals surface area contributed by atoms with Crippen LogP contribution in [-0.2, 0) is 11.3 Å². The minimum atomic E-state index is -0.940. The molecule has 1 saturated heterocycles. The van der Waals surface area contributed by atoms with Gasteiger partial charge >= 0.3 is 6.03 Å². The fourth-order valence-corrected chi connectivity index (χ4v) is 2.95. The van der Waals surface area contributed by atoms with Gasteiger partial charge in [0.1, 0.15) is 11.6 Å². The van der Waals surface area contributed by atoms with Gasteiger partial charge in [-0.2, -0.15) is 5.43 Å². The highest BCUT2D eigenvalue weighted by molar-refractivity contribution is 6.02. The molecule has 2 aromatic rings. The molecule has 2 heterocycles. The largest absolute Gasteiger partial charge is 0.340 e. The molecule has 0 radical (unpaired) electrons. The maximum atomic E-state index is 13.4. The molecular formula is C18H14F2N4O2. The first kappa shape index (κ1) is 16.2. The number of hydrogen-bond donors (Lipinski definition) is 1. The first-order valence-corrected chi connectivity index (χ1v) is 7.90. The molecule has 1 fully saturated rings. The normalized spacial score (nSPS) is 19.3. The van der Waals surface area contributed by atoms with Crippen LogP contribution >= 0.6 is 0 Å². The van der Waals surface area contributed by atoms with Crippen molar-refractivity contribution in [1.82, 2.24) is 15.3 Å². The van der Waals surface area contributed by atoms with Crippen molar-refractivity contribution in [2.24, 2.45) is 0 Å². The smallest absolute Gasteiger partial charge is 0.283 e. The van der Waals surface area contributed by atoms with E-state index in [9.17, 15) is 18.4 Å². The Labute approximate surface area is 147 Å². The van der Waals surface area contributed by atoms with Crippen LogP contribution in [0.5, 0.6) is 0 Å². The summed E-state index contributed by atoms with van der Waals surface area (Å²) in [5.74, 6) is -1.29. The first-order valence-electron chi connectivity index (χ1n) is 7.90. The third-order valence-electron chi connectivity index (χ3n) is 4.17. The summed E-state index contributed by atoms with van der Waals surface area (Å²) < 4.78 is 26.8. The van der Waals surface area contributed by atoms with Crippen molar-refractivity contribution >= 4 is 17.6 Å². The van der Waals surface area contributed by atoms with Gasteiger partial charge in [0.25, 0.3) is 5.91 Å². The van der Waals surface area contributed by atoms with Crippen molar-refractivity contribution < 1.29 is 18.4 Å². The van der Waals surface area contributed by atoms with Crippen LogP contribution in [0.4, 0.5) is 19.3 Å². The first-order chi connectivity index (χ1) is 12.5. The molecule has 0 aromatic heterocycles. The molecule has 1 N–H and O–H groups in total. The van der Waals surface area contributed by atoms with Gasteiger partial charge in [-0.3, -0.25) is 19.6 Å². The van der Waals surface area contributed by atoms with Gasteiger partial charge in [-0.15, -0.1) is 0 Å². The second-order valence-electron chi connectivity index (χ2n) is 5.92. The highest BCUT2D eigenvalue weighted by Gasteiger charge is 2.44. The molecule has 1 atom stereocenters. The Morgan fingerprint density at radius 3 is 2.42 bits per heavy atom. The summed E-state index contributed by atoms with van der Waals surface area (Å²) in [6, 6.07) is 11.1. The Morgan fingerprint density at radius 1 is 0.962 bits per heavy atom. The summed E-state index contributed by atoms with van der Waals surface area (Å²) in [6.45, 7) is 0.102. The van der Waals surface area contributed by atoms with Crippen LogP contribution in [0.3, 0.4) is 0 Å². The summed E-state index contributed by atoms with van der Waals surface area (Å²) in [7, 11) is 0. The average Bonchev–Trinajstić information content (AvgIpc) is 2.92. The molecule has 0 spiro atoms. The van der Waals surface area contributed by atoms with Crippen molar-refractivity contribution in [3.8, 4) is 0 Å². The minimum Gasteiger partial charge on any atom is -0.283 e. The van der Waals surface area contributed by atoms with Crippen LogP contribution < -0.4 is 10.3 Å². The summed E-state index contributed by atoms with van der Waals surface area (Å²) in [4.78, 5) is 27.7. The summed E-state index contributed by atoms with van der Waals surface area (Å²) in [6.07, 6.45) is 1.93. The van der Waals surface area contributed by atoms with Crippen LogP contribution in [0.15, 0.2) is 60.9 Å². The number of urea groups is 1. The second kappa shape index (κ2) is 6.23. The number of amides is 3. The molecule has 0 saturated carbocycles. The van der Waals surface area contributed by atoms with E-state index in [-0.39, 0.29) is 6.54 Å². The topological polar surface area (TPSA) is 55.9 Å². The third-order valence-corrected chi connectivity index (χ3v) is 4.17. The molecular weight excluding hydrogens is 342 g/mol. The van der Waals surface area contributed by atoms with Crippen molar-refractivity contribution in [2.75, 3.05) is 4.90 Å². The van der Waals surface area contributed by atoms with E-state index >= 15 is 0 Å². The van der Waals surface area contributed by atoms with E-state index in [1.165, 1.54) is 57.5 Å². The van der Waals surface area contributed by atoms with Crippen LogP contribution in [0, 0.1) is 11.6 Å². The molecule has 1 unspecified atom stereocenters. The zero-order chi connectivity index (χ0) is 18.3. The Hall–Kier alpha value is -3.26. The summed E-state index contributed by atoms with van der Waals surface area (Å²) in [5.41, 5.74) is 3.78. The molecule has 8 heteroatoms. The number of nitrogens with zero attached hydrogens (tertiary/aromatic N) is 3. The number of nitrogens with one attached hydrogen (secondary N) is 1. The van der Waals surface area contributed by atoms with Crippen molar-refractivity contribution in [3.05, 3.63) is 78.1 Å². The van der Waals surface area contributed by atoms with E-state index in [0.29, 0.717) is 11.3 Å². The number of benzene rings is 2. The molecule has 2 aliphatic rings. The van der Waals surface area contributed by atoms with E-state index < -0.39 is 29.7 Å². The van der Waals surface area contributed by atoms with Gasteiger partial charge in [0, 0.05) is 12.4 Å². The fourth-order valence-electron chi connectivity index (χ4n) is 2.95. The number of carbonyl (C=O) groups excluding carboxylic acids is 2. The molecule has 0 aliphatic carbocycles. The second-order valence-corrected chi connectivity index (χ2v) is 5.92.